The number of halogens is 4. The lowest BCUT2D eigenvalue weighted by Crippen LogP contribution is -2.09. The van der Waals surface area contributed by atoms with Gasteiger partial charge in [-0.3, -0.25) is 0 Å². The van der Waals surface area contributed by atoms with Crippen molar-refractivity contribution in [1.29, 1.82) is 0 Å². The quantitative estimate of drug-likeness (QED) is 0.856. The van der Waals surface area contributed by atoms with Gasteiger partial charge in [-0.2, -0.15) is 13.2 Å². The van der Waals surface area contributed by atoms with Crippen LogP contribution < -0.4 is 0 Å². The Labute approximate surface area is 100 Å². The Balaban J connectivity index is 2.75. The Bertz CT molecular complexity index is 547. The molecule has 1 heterocycles. The Morgan fingerprint density at radius 3 is 2.59 bits per heavy atom. The lowest BCUT2D eigenvalue weighted by molar-refractivity contribution is -0.141. The molecule has 1 aromatic heterocycles. The molecular weight excluding hydrogens is 255 g/mol. The van der Waals surface area contributed by atoms with Crippen LogP contribution >= 0.6 is 11.6 Å². The summed E-state index contributed by atoms with van der Waals surface area (Å²) in [5, 5.41) is 9.48. The Kier molecular flexibility index (Phi) is 3.05. The van der Waals surface area contributed by atoms with Gasteiger partial charge in [0.15, 0.2) is 0 Å². The van der Waals surface area contributed by atoms with Crippen molar-refractivity contribution in [3.8, 4) is 0 Å². The maximum absolute atomic E-state index is 12.8. The standard InChI is InChI=1S/C11H9ClF3NO/c12-8-3-1-2-6-7(4-5-17)10(11(13,14)15)16-9(6)8/h1-3,16-17H,4-5H2. The third-order valence-electron chi connectivity index (χ3n) is 2.54. The number of aromatic nitrogens is 1. The van der Waals surface area contributed by atoms with E-state index in [0.717, 1.165) is 0 Å². The minimum Gasteiger partial charge on any atom is -0.396 e. The van der Waals surface area contributed by atoms with Crippen molar-refractivity contribution in [3.05, 3.63) is 34.5 Å². The van der Waals surface area contributed by atoms with Crippen LogP contribution in [-0.4, -0.2) is 16.7 Å². The molecule has 0 fully saturated rings. The van der Waals surface area contributed by atoms with Gasteiger partial charge in [-0.15, -0.1) is 0 Å². The summed E-state index contributed by atoms with van der Waals surface area (Å²) in [7, 11) is 0. The van der Waals surface area contributed by atoms with E-state index in [1.807, 2.05) is 0 Å². The molecule has 2 aromatic rings. The van der Waals surface area contributed by atoms with Gasteiger partial charge in [-0.1, -0.05) is 23.7 Å². The van der Waals surface area contributed by atoms with E-state index in [1.165, 1.54) is 6.07 Å². The van der Waals surface area contributed by atoms with Crippen molar-refractivity contribution in [2.75, 3.05) is 6.61 Å². The molecule has 92 valence electrons. The fourth-order valence-electron chi connectivity index (χ4n) is 1.85. The molecule has 2 nitrogen and oxygen atoms in total. The summed E-state index contributed by atoms with van der Waals surface area (Å²) >= 11 is 5.83. The van der Waals surface area contributed by atoms with E-state index in [-0.39, 0.29) is 29.1 Å². The topological polar surface area (TPSA) is 36.0 Å². The molecule has 0 aliphatic rings. The number of alkyl halides is 3. The first-order chi connectivity index (χ1) is 7.95. The fraction of sp³-hybridized carbons (Fsp3) is 0.273. The molecule has 17 heavy (non-hydrogen) atoms. The number of nitrogens with one attached hydrogen (secondary N) is 1. The van der Waals surface area contributed by atoms with Crippen LogP contribution in [0.5, 0.6) is 0 Å². The Hall–Kier alpha value is -1.20. The second-order valence-electron chi connectivity index (χ2n) is 3.61. The molecule has 2 N–H and O–H groups in total. The zero-order valence-electron chi connectivity index (χ0n) is 8.61. The average Bonchev–Trinajstić information content (AvgIpc) is 2.59. The van der Waals surface area contributed by atoms with Crippen LogP contribution in [0.3, 0.4) is 0 Å². The zero-order chi connectivity index (χ0) is 12.6. The summed E-state index contributed by atoms with van der Waals surface area (Å²) in [4.78, 5) is 2.29. The first-order valence-electron chi connectivity index (χ1n) is 4.92. The molecule has 0 aliphatic heterocycles. The minimum absolute atomic E-state index is 0.0532. The summed E-state index contributed by atoms with van der Waals surface area (Å²) in [5.74, 6) is 0. The van der Waals surface area contributed by atoms with Gasteiger partial charge >= 0.3 is 6.18 Å². The highest BCUT2D eigenvalue weighted by Gasteiger charge is 2.36. The van der Waals surface area contributed by atoms with Crippen molar-refractivity contribution >= 4 is 22.5 Å². The normalized spacial score (nSPS) is 12.3. The van der Waals surface area contributed by atoms with E-state index in [2.05, 4.69) is 4.98 Å². The monoisotopic (exact) mass is 263 g/mol. The predicted octanol–water partition coefficient (Wildman–Crippen LogP) is 3.37. The van der Waals surface area contributed by atoms with Crippen molar-refractivity contribution in [3.63, 3.8) is 0 Å². The molecule has 0 radical (unpaired) electrons. The van der Waals surface area contributed by atoms with Gasteiger partial charge in [0.2, 0.25) is 0 Å². The molecule has 0 unspecified atom stereocenters. The van der Waals surface area contributed by atoms with Crippen molar-refractivity contribution in [1.82, 2.24) is 4.98 Å². The highest BCUT2D eigenvalue weighted by Crippen LogP contribution is 2.37. The predicted molar refractivity (Wildman–Crippen MR) is 59.1 cm³/mol. The van der Waals surface area contributed by atoms with E-state index in [0.29, 0.717) is 5.39 Å². The average molecular weight is 264 g/mol. The number of fused-ring (bicyclic) bond motifs is 1. The second-order valence-corrected chi connectivity index (χ2v) is 4.02. The summed E-state index contributed by atoms with van der Waals surface area (Å²) in [6, 6.07) is 4.65. The molecule has 1 aromatic carbocycles. The third-order valence-corrected chi connectivity index (χ3v) is 2.85. The van der Waals surface area contributed by atoms with Gasteiger partial charge < -0.3 is 10.1 Å². The number of hydrogen-bond acceptors (Lipinski definition) is 1. The van der Waals surface area contributed by atoms with Gasteiger partial charge in [-0.25, -0.2) is 0 Å². The number of rotatable bonds is 2. The number of H-pyrrole nitrogens is 1. The van der Waals surface area contributed by atoms with Gasteiger partial charge in [0.25, 0.3) is 0 Å². The fourth-order valence-corrected chi connectivity index (χ4v) is 2.07. The van der Waals surface area contributed by atoms with Crippen LogP contribution in [-0.2, 0) is 12.6 Å². The van der Waals surface area contributed by atoms with Gasteiger partial charge in [0.05, 0.1) is 10.5 Å². The van der Waals surface area contributed by atoms with Crippen molar-refractivity contribution in [2.24, 2.45) is 0 Å². The highest BCUT2D eigenvalue weighted by molar-refractivity contribution is 6.35. The molecule has 2 rings (SSSR count). The van der Waals surface area contributed by atoms with Gasteiger partial charge in [0, 0.05) is 12.0 Å². The SMILES string of the molecule is OCCc1c(C(F)(F)F)[nH]c2c(Cl)cccc12. The van der Waals surface area contributed by atoms with E-state index in [4.69, 9.17) is 16.7 Å². The number of aliphatic hydroxyl groups is 1. The van der Waals surface area contributed by atoms with Crippen LogP contribution in [0.2, 0.25) is 5.02 Å². The molecule has 0 atom stereocenters. The second kappa shape index (κ2) is 4.23. The van der Waals surface area contributed by atoms with Crippen LogP contribution in [0.15, 0.2) is 18.2 Å². The number of aromatic amines is 1. The summed E-state index contributed by atoms with van der Waals surface area (Å²) in [6.07, 6.45) is -4.54. The van der Waals surface area contributed by atoms with Crippen molar-refractivity contribution < 1.29 is 18.3 Å². The van der Waals surface area contributed by atoms with Crippen LogP contribution in [0, 0.1) is 0 Å². The van der Waals surface area contributed by atoms with Crippen LogP contribution in [0.1, 0.15) is 11.3 Å². The van der Waals surface area contributed by atoms with Gasteiger partial charge in [0.1, 0.15) is 5.69 Å². The largest absolute Gasteiger partial charge is 0.431 e. The molecule has 0 saturated carbocycles. The number of aliphatic hydroxyl groups excluding tert-OH is 1. The summed E-state index contributed by atoms with van der Waals surface area (Å²) in [5.41, 5.74) is -0.530. The summed E-state index contributed by atoms with van der Waals surface area (Å²) < 4.78 is 38.4. The first-order valence-corrected chi connectivity index (χ1v) is 5.30. The molecule has 0 bridgehead atoms. The molecule has 0 amide bonds. The van der Waals surface area contributed by atoms with E-state index in [1.54, 1.807) is 12.1 Å². The number of para-hydroxylation sites is 1. The van der Waals surface area contributed by atoms with E-state index >= 15 is 0 Å². The Morgan fingerprint density at radius 2 is 2.00 bits per heavy atom. The summed E-state index contributed by atoms with van der Waals surface area (Å²) in [6.45, 7) is -0.345. The lowest BCUT2D eigenvalue weighted by atomic mass is 10.1. The Morgan fingerprint density at radius 1 is 1.29 bits per heavy atom. The zero-order valence-corrected chi connectivity index (χ0v) is 9.36. The lowest BCUT2D eigenvalue weighted by Gasteiger charge is -2.06. The third kappa shape index (κ3) is 2.12. The maximum atomic E-state index is 12.8. The van der Waals surface area contributed by atoms with E-state index in [9.17, 15) is 13.2 Å². The molecule has 0 spiro atoms. The number of hydrogen-bond donors (Lipinski definition) is 2. The molecular formula is C11H9ClF3NO. The highest BCUT2D eigenvalue weighted by atomic mass is 35.5. The smallest absolute Gasteiger partial charge is 0.396 e. The van der Waals surface area contributed by atoms with Gasteiger partial charge in [-0.05, 0) is 18.1 Å². The van der Waals surface area contributed by atoms with E-state index < -0.39 is 11.9 Å². The molecule has 6 heteroatoms. The molecule has 0 aliphatic carbocycles. The van der Waals surface area contributed by atoms with Crippen LogP contribution in [0.25, 0.3) is 10.9 Å². The minimum atomic E-state index is -4.48. The maximum Gasteiger partial charge on any atom is 0.431 e. The molecule has 0 saturated heterocycles. The first kappa shape index (κ1) is 12.3. The van der Waals surface area contributed by atoms with Crippen LogP contribution in [0.4, 0.5) is 13.2 Å². The van der Waals surface area contributed by atoms with Crippen molar-refractivity contribution in [2.45, 2.75) is 12.6 Å². The number of benzene rings is 1.